The second-order valence-corrected chi connectivity index (χ2v) is 4.58. The van der Waals surface area contributed by atoms with Crippen molar-refractivity contribution < 1.29 is 4.79 Å². The Bertz CT molecular complexity index is 376. The van der Waals surface area contributed by atoms with Gasteiger partial charge in [-0.3, -0.25) is 4.79 Å². The van der Waals surface area contributed by atoms with Crippen molar-refractivity contribution in [3.05, 3.63) is 20.8 Å². The third-order valence-electron chi connectivity index (χ3n) is 1.73. The first-order valence-corrected chi connectivity index (χ1v) is 5.66. The molecule has 0 spiro atoms. The first-order chi connectivity index (χ1) is 6.18. The Balaban J connectivity index is 2.32. The van der Waals surface area contributed by atoms with Crippen molar-refractivity contribution >= 4 is 50.5 Å². The number of hydrogen-bond donors (Lipinski definition) is 2. The van der Waals surface area contributed by atoms with Crippen LogP contribution >= 0.6 is 39.5 Å². The molecule has 6 heteroatoms. The van der Waals surface area contributed by atoms with Crippen molar-refractivity contribution in [1.29, 1.82) is 0 Å². The van der Waals surface area contributed by atoms with Crippen LogP contribution in [0.3, 0.4) is 0 Å². The fraction of sp³-hybridized carbons (Fsp3) is 0.143. The summed E-state index contributed by atoms with van der Waals surface area (Å²) in [6.07, 6.45) is 0. The topological polar surface area (TPSA) is 41.1 Å². The molecule has 2 heterocycles. The zero-order chi connectivity index (χ0) is 9.42. The van der Waals surface area contributed by atoms with Gasteiger partial charge in [0.15, 0.2) is 5.11 Å². The number of thiocarbonyl (C=S) groups is 1. The highest BCUT2D eigenvalue weighted by Crippen LogP contribution is 2.28. The van der Waals surface area contributed by atoms with Gasteiger partial charge in [-0.25, -0.2) is 0 Å². The van der Waals surface area contributed by atoms with E-state index in [0.29, 0.717) is 5.11 Å². The first kappa shape index (κ1) is 9.11. The van der Waals surface area contributed by atoms with Crippen LogP contribution in [-0.2, 0) is 4.79 Å². The molecule has 1 unspecified atom stereocenters. The van der Waals surface area contributed by atoms with Gasteiger partial charge < -0.3 is 10.6 Å². The van der Waals surface area contributed by atoms with E-state index in [9.17, 15) is 4.79 Å². The SMILES string of the molecule is O=C1NC(=S)NC1c1cscc1Br. The standard InChI is InChI=1S/C7H5BrN2OS2/c8-4-2-13-1-3(4)5-6(11)10-7(12)9-5/h1-2,5H,(H2,9,10,11,12). The van der Waals surface area contributed by atoms with Crippen LogP contribution in [0.1, 0.15) is 11.6 Å². The molecule has 1 aliphatic rings. The van der Waals surface area contributed by atoms with E-state index in [2.05, 4.69) is 26.6 Å². The Kier molecular flexibility index (Phi) is 2.35. The lowest BCUT2D eigenvalue weighted by atomic mass is 10.1. The summed E-state index contributed by atoms with van der Waals surface area (Å²) >= 11 is 9.75. The smallest absolute Gasteiger partial charge is 0.253 e. The number of carbonyl (C=O) groups excluding carboxylic acids is 1. The summed E-state index contributed by atoms with van der Waals surface area (Å²) in [5.74, 6) is -0.0934. The zero-order valence-corrected chi connectivity index (χ0v) is 9.55. The maximum Gasteiger partial charge on any atom is 0.253 e. The lowest BCUT2D eigenvalue weighted by Gasteiger charge is -2.05. The van der Waals surface area contributed by atoms with Crippen LogP contribution in [0.2, 0.25) is 0 Å². The van der Waals surface area contributed by atoms with Crippen molar-refractivity contribution in [3.63, 3.8) is 0 Å². The van der Waals surface area contributed by atoms with Gasteiger partial charge in [0.1, 0.15) is 6.04 Å². The summed E-state index contributed by atoms with van der Waals surface area (Å²) in [6, 6.07) is -0.340. The quantitative estimate of drug-likeness (QED) is 0.765. The van der Waals surface area contributed by atoms with Gasteiger partial charge in [0, 0.05) is 15.4 Å². The van der Waals surface area contributed by atoms with E-state index in [-0.39, 0.29) is 11.9 Å². The van der Waals surface area contributed by atoms with Crippen LogP contribution in [0.5, 0.6) is 0 Å². The third kappa shape index (κ3) is 1.61. The molecule has 0 aromatic carbocycles. The predicted molar refractivity (Wildman–Crippen MR) is 58.6 cm³/mol. The van der Waals surface area contributed by atoms with E-state index < -0.39 is 0 Å². The van der Waals surface area contributed by atoms with Gasteiger partial charge in [-0.2, -0.15) is 11.3 Å². The fourth-order valence-corrected chi connectivity index (χ4v) is 2.90. The third-order valence-corrected chi connectivity index (χ3v) is 3.70. The summed E-state index contributed by atoms with van der Waals surface area (Å²) in [6.45, 7) is 0. The number of rotatable bonds is 1. The molecule has 1 atom stereocenters. The van der Waals surface area contributed by atoms with Gasteiger partial charge in [-0.1, -0.05) is 0 Å². The highest BCUT2D eigenvalue weighted by Gasteiger charge is 2.30. The molecule has 1 amide bonds. The summed E-state index contributed by atoms with van der Waals surface area (Å²) in [4.78, 5) is 11.4. The number of hydrogen-bond acceptors (Lipinski definition) is 3. The molecule has 0 radical (unpaired) electrons. The molecule has 68 valence electrons. The van der Waals surface area contributed by atoms with Gasteiger partial charge in [-0.05, 0) is 33.5 Å². The second kappa shape index (κ2) is 3.36. The molecule has 1 saturated heterocycles. The molecule has 0 bridgehead atoms. The minimum Gasteiger partial charge on any atom is -0.347 e. The molecule has 13 heavy (non-hydrogen) atoms. The fourth-order valence-electron chi connectivity index (χ4n) is 1.13. The first-order valence-electron chi connectivity index (χ1n) is 3.51. The van der Waals surface area contributed by atoms with Crippen LogP contribution in [0.4, 0.5) is 0 Å². The Hall–Kier alpha value is -0.460. The highest BCUT2D eigenvalue weighted by atomic mass is 79.9. The van der Waals surface area contributed by atoms with Crippen molar-refractivity contribution in [2.45, 2.75) is 6.04 Å². The molecule has 1 aliphatic heterocycles. The molecular weight excluding hydrogens is 272 g/mol. The Morgan fingerprint density at radius 2 is 2.31 bits per heavy atom. The van der Waals surface area contributed by atoms with Crippen molar-refractivity contribution in [3.8, 4) is 0 Å². The Morgan fingerprint density at radius 1 is 1.54 bits per heavy atom. The molecule has 0 aliphatic carbocycles. The van der Waals surface area contributed by atoms with E-state index in [1.807, 2.05) is 10.8 Å². The van der Waals surface area contributed by atoms with E-state index in [0.717, 1.165) is 10.0 Å². The maximum absolute atomic E-state index is 11.4. The van der Waals surface area contributed by atoms with Gasteiger partial charge in [0.05, 0.1) is 0 Å². The summed E-state index contributed by atoms with van der Waals surface area (Å²) in [5.41, 5.74) is 0.933. The Morgan fingerprint density at radius 3 is 2.77 bits per heavy atom. The minimum absolute atomic E-state index is 0.0934. The molecule has 1 aromatic heterocycles. The molecule has 2 rings (SSSR count). The number of carbonyl (C=O) groups is 1. The molecule has 1 fully saturated rings. The van der Waals surface area contributed by atoms with E-state index in [4.69, 9.17) is 12.2 Å². The average molecular weight is 277 g/mol. The van der Waals surface area contributed by atoms with Crippen molar-refractivity contribution in [2.75, 3.05) is 0 Å². The number of thiophene rings is 1. The second-order valence-electron chi connectivity index (χ2n) is 2.57. The molecule has 2 N–H and O–H groups in total. The zero-order valence-electron chi connectivity index (χ0n) is 6.33. The lowest BCUT2D eigenvalue weighted by molar-refractivity contribution is -0.120. The maximum atomic E-state index is 11.4. The van der Waals surface area contributed by atoms with Gasteiger partial charge in [0.25, 0.3) is 5.91 Å². The van der Waals surface area contributed by atoms with E-state index in [1.54, 1.807) is 11.3 Å². The van der Waals surface area contributed by atoms with Crippen LogP contribution in [0, 0.1) is 0 Å². The molecule has 0 saturated carbocycles. The summed E-state index contributed by atoms with van der Waals surface area (Å²) in [5, 5.41) is 9.70. The van der Waals surface area contributed by atoms with Gasteiger partial charge >= 0.3 is 0 Å². The Labute approximate surface area is 92.6 Å². The highest BCUT2D eigenvalue weighted by molar-refractivity contribution is 9.10. The predicted octanol–water partition coefficient (Wildman–Crippen LogP) is 1.56. The normalized spacial score (nSPS) is 21.5. The summed E-state index contributed by atoms with van der Waals surface area (Å²) < 4.78 is 0.940. The van der Waals surface area contributed by atoms with Crippen LogP contribution in [-0.4, -0.2) is 11.0 Å². The average Bonchev–Trinajstić information content (AvgIpc) is 2.58. The van der Waals surface area contributed by atoms with Crippen molar-refractivity contribution in [2.24, 2.45) is 0 Å². The molecule has 3 nitrogen and oxygen atoms in total. The molecule has 1 aromatic rings. The van der Waals surface area contributed by atoms with Crippen LogP contribution in [0.25, 0.3) is 0 Å². The number of halogens is 1. The van der Waals surface area contributed by atoms with Gasteiger partial charge in [0.2, 0.25) is 0 Å². The van der Waals surface area contributed by atoms with Gasteiger partial charge in [-0.15, -0.1) is 0 Å². The molecular formula is C7H5BrN2OS2. The summed E-state index contributed by atoms with van der Waals surface area (Å²) in [7, 11) is 0. The minimum atomic E-state index is -0.340. The van der Waals surface area contributed by atoms with E-state index >= 15 is 0 Å². The lowest BCUT2D eigenvalue weighted by Crippen LogP contribution is -2.21. The number of nitrogens with one attached hydrogen (secondary N) is 2. The number of amides is 1. The monoisotopic (exact) mass is 276 g/mol. The van der Waals surface area contributed by atoms with Crippen LogP contribution < -0.4 is 10.6 Å². The van der Waals surface area contributed by atoms with Crippen molar-refractivity contribution in [1.82, 2.24) is 10.6 Å². The van der Waals surface area contributed by atoms with E-state index in [1.165, 1.54) is 0 Å². The van der Waals surface area contributed by atoms with Crippen LogP contribution in [0.15, 0.2) is 15.2 Å². The largest absolute Gasteiger partial charge is 0.347 e.